The molecule has 2 fully saturated rings. The largest absolute Gasteiger partial charge is 0.481 e. The van der Waals surface area contributed by atoms with Crippen LogP contribution in [-0.4, -0.2) is 41.8 Å². The van der Waals surface area contributed by atoms with Gasteiger partial charge in [-0.1, -0.05) is 61.4 Å². The van der Waals surface area contributed by atoms with Gasteiger partial charge in [0.15, 0.2) is 0 Å². The van der Waals surface area contributed by atoms with Gasteiger partial charge in [-0.3, -0.25) is 9.59 Å². The van der Waals surface area contributed by atoms with Crippen molar-refractivity contribution in [2.45, 2.75) is 56.4 Å². The number of hydrogen-bond acceptors (Lipinski definition) is 4. The average molecular weight is 463 g/mol. The third-order valence-electron chi connectivity index (χ3n) is 7.70. The summed E-state index contributed by atoms with van der Waals surface area (Å²) in [6.07, 6.45) is 4.06. The molecule has 0 aliphatic heterocycles. The zero-order valence-electron chi connectivity index (χ0n) is 19.1. The monoisotopic (exact) mass is 462 g/mol. The van der Waals surface area contributed by atoms with Crippen LogP contribution in [0.3, 0.4) is 0 Å². The number of ether oxygens (including phenoxy) is 1. The van der Waals surface area contributed by atoms with Crippen LogP contribution < -0.4 is 10.6 Å². The van der Waals surface area contributed by atoms with E-state index in [0.29, 0.717) is 25.7 Å². The van der Waals surface area contributed by atoms with Gasteiger partial charge in [0.2, 0.25) is 5.91 Å². The van der Waals surface area contributed by atoms with E-state index in [4.69, 9.17) is 4.74 Å². The second kappa shape index (κ2) is 8.78. The first-order valence-electron chi connectivity index (χ1n) is 12.0. The zero-order chi connectivity index (χ0) is 23.8. The fourth-order valence-corrected chi connectivity index (χ4v) is 5.50. The summed E-state index contributed by atoms with van der Waals surface area (Å²) in [5, 5.41) is 15.1. The molecular formula is C27H30N2O5. The normalized spacial score (nSPS) is 19.1. The molecule has 7 nitrogen and oxygen atoms in total. The summed E-state index contributed by atoms with van der Waals surface area (Å²) < 4.78 is 5.70. The van der Waals surface area contributed by atoms with Crippen molar-refractivity contribution in [1.29, 1.82) is 0 Å². The summed E-state index contributed by atoms with van der Waals surface area (Å²) in [6.45, 7) is 0.367. The van der Waals surface area contributed by atoms with Crippen LogP contribution in [0.15, 0.2) is 48.5 Å². The summed E-state index contributed by atoms with van der Waals surface area (Å²) in [5.74, 6) is -1.11. The minimum atomic E-state index is -0.861. The van der Waals surface area contributed by atoms with Gasteiger partial charge >= 0.3 is 12.1 Å². The lowest BCUT2D eigenvalue weighted by molar-refractivity contribution is -0.143. The van der Waals surface area contributed by atoms with Gasteiger partial charge in [-0.05, 0) is 47.9 Å². The third kappa shape index (κ3) is 4.27. The predicted octanol–water partition coefficient (Wildman–Crippen LogP) is 4.21. The Hall–Kier alpha value is -3.35. The van der Waals surface area contributed by atoms with Gasteiger partial charge in [-0.25, -0.2) is 4.79 Å². The van der Waals surface area contributed by atoms with Crippen molar-refractivity contribution >= 4 is 18.0 Å². The van der Waals surface area contributed by atoms with E-state index in [1.807, 2.05) is 24.3 Å². The topological polar surface area (TPSA) is 105 Å². The van der Waals surface area contributed by atoms with Crippen LogP contribution in [0.5, 0.6) is 0 Å². The van der Waals surface area contributed by atoms with E-state index in [9.17, 15) is 19.5 Å². The van der Waals surface area contributed by atoms with E-state index in [2.05, 4.69) is 34.9 Å². The molecule has 2 aromatic rings. The molecule has 3 aliphatic carbocycles. The molecule has 0 aromatic heterocycles. The summed E-state index contributed by atoms with van der Waals surface area (Å²) in [6, 6.07) is 16.4. The lowest BCUT2D eigenvalue weighted by Gasteiger charge is -2.30. The molecule has 2 aromatic carbocycles. The quantitative estimate of drug-likeness (QED) is 0.545. The summed E-state index contributed by atoms with van der Waals surface area (Å²) in [5.41, 5.74) is 3.19. The molecule has 0 bridgehead atoms. The number of carboxylic acid groups (broad SMARTS) is 1. The molecule has 3 aliphatic rings. The molecule has 7 heteroatoms. The number of carboxylic acids is 1. The highest BCUT2D eigenvalue weighted by Gasteiger charge is 2.50. The Morgan fingerprint density at radius 3 is 2.06 bits per heavy atom. The highest BCUT2D eigenvalue weighted by atomic mass is 16.5. The van der Waals surface area contributed by atoms with Crippen LogP contribution in [0.4, 0.5) is 4.79 Å². The van der Waals surface area contributed by atoms with E-state index in [1.54, 1.807) is 0 Å². The number of hydrogen-bond donors (Lipinski definition) is 3. The molecule has 2 amide bonds. The fourth-order valence-electron chi connectivity index (χ4n) is 5.50. The number of carbonyl (C=O) groups excluding carboxylic acids is 2. The standard InChI is InChI=1S/C27H30N2O5/c30-23(28-17-26(13-14-26)24(31)32)15-27(11-5-6-12-27)29-25(33)34-16-22-20-9-3-1-7-18(20)19-8-2-4-10-21(19)22/h1-4,7-10,22H,5-6,11-17H2,(H,28,30)(H,29,33)(H,31,32). The van der Waals surface area contributed by atoms with Gasteiger partial charge in [0.25, 0.3) is 0 Å². The number of fused-ring (bicyclic) bond motifs is 3. The summed E-state index contributed by atoms with van der Waals surface area (Å²) in [7, 11) is 0. The molecule has 0 spiro atoms. The molecule has 178 valence electrons. The Kier molecular flexibility index (Phi) is 5.80. The maximum atomic E-state index is 12.8. The first kappa shape index (κ1) is 22.4. The number of alkyl carbamates (subject to hydrolysis) is 1. The lowest BCUT2D eigenvalue weighted by Crippen LogP contribution is -2.50. The van der Waals surface area contributed by atoms with Crippen LogP contribution >= 0.6 is 0 Å². The Morgan fingerprint density at radius 2 is 1.50 bits per heavy atom. The maximum Gasteiger partial charge on any atom is 0.407 e. The number of carbonyl (C=O) groups is 3. The van der Waals surface area contributed by atoms with Gasteiger partial charge in [-0.2, -0.15) is 0 Å². The zero-order valence-corrected chi connectivity index (χ0v) is 19.1. The van der Waals surface area contributed by atoms with E-state index in [0.717, 1.165) is 24.0 Å². The Bertz CT molecular complexity index is 1070. The first-order valence-corrected chi connectivity index (χ1v) is 12.0. The second-order valence-corrected chi connectivity index (χ2v) is 9.98. The molecule has 3 N–H and O–H groups in total. The van der Waals surface area contributed by atoms with Crippen molar-refractivity contribution in [2.75, 3.05) is 13.2 Å². The van der Waals surface area contributed by atoms with Gasteiger partial charge in [0.05, 0.1) is 11.0 Å². The Morgan fingerprint density at radius 1 is 0.912 bits per heavy atom. The molecule has 0 atom stereocenters. The molecule has 2 saturated carbocycles. The Balaban J connectivity index is 1.20. The SMILES string of the molecule is O=C(CC1(NC(=O)OCC2c3ccccc3-c3ccccc32)CCCC1)NCC1(C(=O)O)CC1. The summed E-state index contributed by atoms with van der Waals surface area (Å²) in [4.78, 5) is 36.8. The minimum absolute atomic E-state index is 0.0215. The second-order valence-electron chi connectivity index (χ2n) is 9.98. The van der Waals surface area contributed by atoms with Crippen molar-refractivity contribution < 1.29 is 24.2 Å². The van der Waals surface area contributed by atoms with Crippen molar-refractivity contribution in [1.82, 2.24) is 10.6 Å². The predicted molar refractivity (Wildman–Crippen MR) is 126 cm³/mol. The van der Waals surface area contributed by atoms with Crippen LogP contribution in [0.2, 0.25) is 0 Å². The van der Waals surface area contributed by atoms with Crippen LogP contribution in [0.1, 0.15) is 62.0 Å². The van der Waals surface area contributed by atoms with Crippen molar-refractivity contribution in [2.24, 2.45) is 5.41 Å². The minimum Gasteiger partial charge on any atom is -0.481 e. The third-order valence-corrected chi connectivity index (χ3v) is 7.70. The van der Waals surface area contributed by atoms with E-state index >= 15 is 0 Å². The maximum absolute atomic E-state index is 12.8. The van der Waals surface area contributed by atoms with E-state index < -0.39 is 23.0 Å². The van der Waals surface area contributed by atoms with E-state index in [1.165, 1.54) is 11.1 Å². The van der Waals surface area contributed by atoms with Crippen molar-refractivity contribution in [3.8, 4) is 11.1 Å². The smallest absolute Gasteiger partial charge is 0.407 e. The molecular weight excluding hydrogens is 432 g/mol. The number of benzene rings is 2. The highest BCUT2D eigenvalue weighted by Crippen LogP contribution is 2.46. The first-order chi connectivity index (χ1) is 16.4. The average Bonchev–Trinajstić information content (AvgIpc) is 3.40. The van der Waals surface area contributed by atoms with Crippen LogP contribution in [-0.2, 0) is 14.3 Å². The molecule has 0 unspecified atom stereocenters. The molecule has 0 radical (unpaired) electrons. The number of aliphatic carboxylic acids is 1. The Labute approximate surface area is 198 Å². The van der Waals surface area contributed by atoms with Crippen molar-refractivity contribution in [3.63, 3.8) is 0 Å². The summed E-state index contributed by atoms with van der Waals surface area (Å²) >= 11 is 0. The van der Waals surface area contributed by atoms with Crippen LogP contribution in [0, 0.1) is 5.41 Å². The van der Waals surface area contributed by atoms with Gasteiger partial charge in [0, 0.05) is 18.9 Å². The van der Waals surface area contributed by atoms with E-state index in [-0.39, 0.29) is 31.4 Å². The number of rotatable bonds is 8. The number of amides is 2. The van der Waals surface area contributed by atoms with Gasteiger partial charge in [-0.15, -0.1) is 0 Å². The molecule has 0 heterocycles. The fraction of sp³-hybridized carbons (Fsp3) is 0.444. The molecule has 5 rings (SSSR count). The molecule has 34 heavy (non-hydrogen) atoms. The number of nitrogens with one attached hydrogen (secondary N) is 2. The van der Waals surface area contributed by atoms with Crippen LogP contribution in [0.25, 0.3) is 11.1 Å². The molecule has 0 saturated heterocycles. The highest BCUT2D eigenvalue weighted by molar-refractivity contribution is 5.82. The van der Waals surface area contributed by atoms with Gasteiger partial charge < -0.3 is 20.5 Å². The van der Waals surface area contributed by atoms with Gasteiger partial charge in [0.1, 0.15) is 6.61 Å². The van der Waals surface area contributed by atoms with Crippen molar-refractivity contribution in [3.05, 3.63) is 59.7 Å². The lowest BCUT2D eigenvalue weighted by atomic mass is 9.92.